The van der Waals surface area contributed by atoms with Crippen molar-refractivity contribution in [2.45, 2.75) is 13.0 Å². The predicted molar refractivity (Wildman–Crippen MR) is 105 cm³/mol. The van der Waals surface area contributed by atoms with Gasteiger partial charge in [0, 0.05) is 23.5 Å². The minimum absolute atomic E-state index is 0.0838. The van der Waals surface area contributed by atoms with Gasteiger partial charge < -0.3 is 10.1 Å². The third kappa shape index (κ3) is 2.99. The zero-order chi connectivity index (χ0) is 19.3. The normalized spacial score (nSPS) is 15.0. The van der Waals surface area contributed by atoms with Crippen molar-refractivity contribution in [1.82, 2.24) is 9.29 Å². The first-order valence-corrected chi connectivity index (χ1v) is 10.5. The maximum absolute atomic E-state index is 12.0. The molecule has 0 fully saturated rings. The Balaban J connectivity index is 2.02. The Kier molecular flexibility index (Phi) is 4.21. The maximum atomic E-state index is 12.0. The van der Waals surface area contributed by atoms with Crippen LogP contribution in [0.4, 0.5) is 5.69 Å². The van der Waals surface area contributed by atoms with Gasteiger partial charge in [0.1, 0.15) is 0 Å². The largest absolute Gasteiger partial charge is 0.493 e. The Morgan fingerprint density at radius 2 is 1.93 bits per heavy atom. The van der Waals surface area contributed by atoms with Gasteiger partial charge in [-0.1, -0.05) is 23.7 Å². The molecule has 2 aromatic carbocycles. The van der Waals surface area contributed by atoms with Gasteiger partial charge in [0.15, 0.2) is 5.69 Å². The van der Waals surface area contributed by atoms with Gasteiger partial charge in [-0.25, -0.2) is 8.42 Å². The molecule has 3 aromatic rings. The lowest BCUT2D eigenvalue weighted by Crippen LogP contribution is -2.35. The molecular formula is C18H16ClN3O4S. The van der Waals surface area contributed by atoms with Gasteiger partial charge in [0.25, 0.3) is 0 Å². The molecule has 2 heterocycles. The lowest BCUT2D eigenvalue weighted by molar-refractivity contribution is 0.396. The fraction of sp³-hybridized carbons (Fsp3) is 0.222. The van der Waals surface area contributed by atoms with Crippen LogP contribution in [-0.4, -0.2) is 35.6 Å². The summed E-state index contributed by atoms with van der Waals surface area (Å²) in [6.45, 7) is 0.522. The first-order valence-electron chi connectivity index (χ1n) is 8.23. The van der Waals surface area contributed by atoms with Crippen molar-refractivity contribution >= 4 is 38.2 Å². The topological polar surface area (TPSA) is 103 Å². The second-order valence-electron chi connectivity index (χ2n) is 6.57. The van der Waals surface area contributed by atoms with E-state index in [4.69, 9.17) is 11.6 Å². The van der Waals surface area contributed by atoms with E-state index in [9.17, 15) is 18.4 Å². The first kappa shape index (κ1) is 18.0. The van der Waals surface area contributed by atoms with Crippen molar-refractivity contribution in [2.24, 2.45) is 5.18 Å². The number of nitroso groups, excluding NO2 is 1. The molecule has 0 spiro atoms. The average Bonchev–Trinajstić information content (AvgIpc) is 2.96. The number of H-pyrrole nitrogens is 1. The van der Waals surface area contributed by atoms with E-state index in [1.807, 2.05) is 12.1 Å². The van der Waals surface area contributed by atoms with Crippen LogP contribution in [0.15, 0.2) is 35.5 Å². The van der Waals surface area contributed by atoms with Crippen LogP contribution in [0.5, 0.6) is 5.88 Å². The molecule has 140 valence electrons. The molecule has 1 aromatic heterocycles. The zero-order valence-electron chi connectivity index (χ0n) is 14.4. The van der Waals surface area contributed by atoms with Crippen molar-refractivity contribution < 1.29 is 13.5 Å². The summed E-state index contributed by atoms with van der Waals surface area (Å²) in [6, 6.07) is 9.08. The molecule has 0 saturated carbocycles. The number of aromatic nitrogens is 1. The number of sulfonamides is 1. The van der Waals surface area contributed by atoms with Crippen LogP contribution in [0.3, 0.4) is 0 Å². The summed E-state index contributed by atoms with van der Waals surface area (Å²) in [6.07, 6.45) is 1.68. The van der Waals surface area contributed by atoms with Crippen molar-refractivity contribution in [1.29, 1.82) is 0 Å². The Morgan fingerprint density at radius 1 is 1.22 bits per heavy atom. The summed E-state index contributed by atoms with van der Waals surface area (Å²) in [7, 11) is -3.37. The minimum Gasteiger partial charge on any atom is -0.493 e. The highest BCUT2D eigenvalue weighted by Gasteiger charge is 2.29. The number of aromatic hydroxyl groups is 1. The monoisotopic (exact) mass is 405 g/mol. The zero-order valence-corrected chi connectivity index (χ0v) is 15.9. The second kappa shape index (κ2) is 6.33. The van der Waals surface area contributed by atoms with Gasteiger partial charge in [-0.05, 0) is 52.1 Å². The molecule has 0 saturated heterocycles. The summed E-state index contributed by atoms with van der Waals surface area (Å²) < 4.78 is 25.5. The number of aromatic amines is 1. The Labute approximate surface area is 160 Å². The standard InChI is InChI=1S/C18H16ClN3O4S/c1-27(25,26)22-7-6-12-13(10-2-4-11(19)5-3-10)8-14-16(15(12)9-22)20-18(23)17(14)21-24/h2-5,8,20,23H,6-7,9H2,1H3. The number of nitrogens with one attached hydrogen (secondary N) is 1. The lowest BCUT2D eigenvalue weighted by atomic mass is 9.89. The lowest BCUT2D eigenvalue weighted by Gasteiger charge is -2.29. The molecule has 2 N–H and O–H groups in total. The predicted octanol–water partition coefficient (Wildman–Crippen LogP) is 3.91. The molecule has 1 aliphatic rings. The van der Waals surface area contributed by atoms with E-state index >= 15 is 0 Å². The van der Waals surface area contributed by atoms with Crippen LogP contribution < -0.4 is 0 Å². The summed E-state index contributed by atoms with van der Waals surface area (Å²) in [5, 5.41) is 14.1. The molecule has 1 aliphatic heterocycles. The van der Waals surface area contributed by atoms with Crippen molar-refractivity contribution in [3.05, 3.63) is 51.4 Å². The number of nitrogens with zero attached hydrogens (tertiary/aromatic N) is 2. The third-order valence-corrected chi connectivity index (χ3v) is 6.43. The first-order chi connectivity index (χ1) is 12.8. The summed E-state index contributed by atoms with van der Waals surface area (Å²) in [4.78, 5) is 14.0. The molecule has 0 aliphatic carbocycles. The molecule has 9 heteroatoms. The SMILES string of the molecule is CS(=O)(=O)N1CCc2c(-c3ccc(Cl)cc3)cc3c(N=O)c(O)[nH]c3c2C1. The molecule has 27 heavy (non-hydrogen) atoms. The van der Waals surface area contributed by atoms with Crippen LogP contribution in [0.25, 0.3) is 22.0 Å². The number of rotatable bonds is 3. The second-order valence-corrected chi connectivity index (χ2v) is 8.99. The fourth-order valence-corrected chi connectivity index (χ4v) is 4.54. The van der Waals surface area contributed by atoms with Gasteiger partial charge in [-0.15, -0.1) is 4.91 Å². The van der Waals surface area contributed by atoms with Crippen LogP contribution in [-0.2, 0) is 23.0 Å². The number of fused-ring (bicyclic) bond motifs is 3. The average molecular weight is 406 g/mol. The van der Waals surface area contributed by atoms with E-state index in [0.717, 1.165) is 22.3 Å². The quantitative estimate of drug-likeness (QED) is 0.644. The maximum Gasteiger partial charge on any atom is 0.219 e. The van der Waals surface area contributed by atoms with Crippen LogP contribution in [0.2, 0.25) is 5.02 Å². The van der Waals surface area contributed by atoms with Crippen molar-refractivity contribution in [2.75, 3.05) is 12.8 Å². The summed E-state index contributed by atoms with van der Waals surface area (Å²) in [5.74, 6) is -0.327. The molecule has 0 amide bonds. The van der Waals surface area contributed by atoms with Gasteiger partial charge in [0.2, 0.25) is 15.9 Å². The molecule has 0 atom stereocenters. The number of halogens is 1. The fourth-order valence-electron chi connectivity index (χ4n) is 3.63. The van der Waals surface area contributed by atoms with Gasteiger partial charge in [-0.3, -0.25) is 0 Å². The molecule has 7 nitrogen and oxygen atoms in total. The highest BCUT2D eigenvalue weighted by Crippen LogP contribution is 2.43. The third-order valence-electron chi connectivity index (χ3n) is 4.93. The summed E-state index contributed by atoms with van der Waals surface area (Å²) >= 11 is 5.99. The highest BCUT2D eigenvalue weighted by molar-refractivity contribution is 7.88. The van der Waals surface area contributed by atoms with Crippen LogP contribution in [0.1, 0.15) is 11.1 Å². The van der Waals surface area contributed by atoms with Crippen LogP contribution in [0, 0.1) is 4.91 Å². The number of hydrogen-bond acceptors (Lipinski definition) is 5. The number of benzene rings is 2. The molecule has 0 bridgehead atoms. The van der Waals surface area contributed by atoms with Crippen molar-refractivity contribution in [3.63, 3.8) is 0 Å². The van der Waals surface area contributed by atoms with Gasteiger partial charge >= 0.3 is 0 Å². The molecule has 4 rings (SSSR count). The molecule has 0 radical (unpaired) electrons. The van der Waals surface area contributed by atoms with E-state index in [-0.39, 0.29) is 18.1 Å². The molecule has 0 unspecified atom stereocenters. The Morgan fingerprint density at radius 3 is 2.56 bits per heavy atom. The minimum atomic E-state index is -3.37. The highest BCUT2D eigenvalue weighted by atomic mass is 35.5. The smallest absolute Gasteiger partial charge is 0.219 e. The van der Waals surface area contributed by atoms with Crippen molar-refractivity contribution in [3.8, 4) is 17.0 Å². The van der Waals surface area contributed by atoms with E-state index < -0.39 is 10.0 Å². The van der Waals surface area contributed by atoms with Crippen LogP contribution >= 0.6 is 11.6 Å². The Bertz CT molecular complexity index is 1170. The molecular weight excluding hydrogens is 390 g/mol. The summed E-state index contributed by atoms with van der Waals surface area (Å²) in [5.41, 5.74) is 3.92. The van der Waals surface area contributed by atoms with Gasteiger partial charge in [0.05, 0.1) is 11.8 Å². The van der Waals surface area contributed by atoms with Gasteiger partial charge in [-0.2, -0.15) is 4.31 Å². The number of hydrogen-bond donors (Lipinski definition) is 2. The van der Waals surface area contributed by atoms with E-state index in [1.165, 1.54) is 10.6 Å². The van der Waals surface area contributed by atoms with E-state index in [2.05, 4.69) is 10.2 Å². The Hall–Kier alpha value is -2.42. The van der Waals surface area contributed by atoms with E-state index in [0.29, 0.717) is 28.9 Å². The van der Waals surface area contributed by atoms with E-state index in [1.54, 1.807) is 18.2 Å².